The van der Waals surface area contributed by atoms with Gasteiger partial charge in [-0.3, -0.25) is 0 Å². The standard InChI is InChI=1S/C48H42ClO3P/c49-39-30-28-37(29-31-39)36-24-26-38(27-25-36)45-46(50)43-18-10-11-19-44(43)47(51)48(45)52-32-34-20-22-35(23-21-34)33-53(40-12-4-1-5-13-40,41-14-6-2-7-15-41)42-16-8-3-9-17-42/h1-23,28-31,36,38,53H,24-27,32-33H2/t36-,38-. The van der Waals surface area contributed by atoms with Crippen LogP contribution in [0.2, 0.25) is 5.02 Å². The van der Waals surface area contributed by atoms with Gasteiger partial charge in [0.2, 0.25) is 0 Å². The van der Waals surface area contributed by atoms with Crippen molar-refractivity contribution in [2.75, 3.05) is 0 Å². The van der Waals surface area contributed by atoms with E-state index in [1.165, 1.54) is 27.0 Å². The minimum absolute atomic E-state index is 0.0345. The average molecular weight is 733 g/mol. The van der Waals surface area contributed by atoms with E-state index in [4.69, 9.17) is 16.3 Å². The van der Waals surface area contributed by atoms with Crippen molar-refractivity contribution in [1.29, 1.82) is 0 Å². The summed E-state index contributed by atoms with van der Waals surface area (Å²) in [5.41, 5.74) is 4.92. The van der Waals surface area contributed by atoms with E-state index in [0.717, 1.165) is 42.4 Å². The molecule has 1 fully saturated rings. The Balaban J connectivity index is 1.07. The Morgan fingerprint density at radius 3 is 1.49 bits per heavy atom. The summed E-state index contributed by atoms with van der Waals surface area (Å²) >= 11 is 6.15. The third-order valence-corrected chi connectivity index (χ3v) is 16.4. The molecule has 0 radical (unpaired) electrons. The van der Waals surface area contributed by atoms with Gasteiger partial charge in [-0.25, -0.2) is 0 Å². The molecule has 0 unspecified atom stereocenters. The summed E-state index contributed by atoms with van der Waals surface area (Å²) in [7, 11) is -2.46. The Labute approximate surface area is 317 Å². The van der Waals surface area contributed by atoms with Gasteiger partial charge in [-0.15, -0.1) is 0 Å². The number of allylic oxidation sites excluding steroid dienone is 2. The van der Waals surface area contributed by atoms with Gasteiger partial charge in [-0.05, 0) is 23.6 Å². The van der Waals surface area contributed by atoms with Crippen molar-refractivity contribution in [2.45, 2.75) is 44.4 Å². The van der Waals surface area contributed by atoms with Crippen molar-refractivity contribution in [1.82, 2.24) is 0 Å². The van der Waals surface area contributed by atoms with Gasteiger partial charge in [0.1, 0.15) is 0 Å². The van der Waals surface area contributed by atoms with E-state index < -0.39 is 7.26 Å². The normalized spacial score (nSPS) is 17.7. The maximum absolute atomic E-state index is 14.1. The first kappa shape index (κ1) is 35.0. The van der Waals surface area contributed by atoms with E-state index in [-0.39, 0.29) is 29.9 Å². The first-order chi connectivity index (χ1) is 26.0. The number of fused-ring (bicyclic) bond motifs is 1. The summed E-state index contributed by atoms with van der Waals surface area (Å²) in [5.74, 6) is 0.311. The van der Waals surface area contributed by atoms with Crippen molar-refractivity contribution in [3.8, 4) is 0 Å². The van der Waals surface area contributed by atoms with Crippen LogP contribution in [0.3, 0.4) is 0 Å². The third kappa shape index (κ3) is 7.05. The zero-order valence-electron chi connectivity index (χ0n) is 29.6. The second-order valence-corrected chi connectivity index (χ2v) is 18.7. The van der Waals surface area contributed by atoms with E-state index in [1.54, 1.807) is 12.1 Å². The van der Waals surface area contributed by atoms with Crippen molar-refractivity contribution < 1.29 is 14.3 Å². The summed E-state index contributed by atoms with van der Waals surface area (Å²) in [6.45, 7) is 0.207. The number of benzene rings is 6. The molecular formula is C48H42ClO3P. The Morgan fingerprint density at radius 2 is 0.962 bits per heavy atom. The molecule has 8 rings (SSSR count). The average Bonchev–Trinajstić information content (AvgIpc) is 3.22. The Bertz CT molecular complexity index is 2140. The van der Waals surface area contributed by atoms with Crippen molar-refractivity contribution in [3.63, 3.8) is 0 Å². The molecule has 2 aliphatic carbocycles. The van der Waals surface area contributed by atoms with Crippen LogP contribution >= 0.6 is 18.9 Å². The van der Waals surface area contributed by atoms with Crippen LogP contribution in [0.25, 0.3) is 0 Å². The van der Waals surface area contributed by atoms with Crippen molar-refractivity contribution in [2.24, 2.45) is 5.92 Å². The summed E-state index contributed by atoms with van der Waals surface area (Å²) in [6.07, 6.45) is 4.41. The molecule has 0 heterocycles. The number of ether oxygens (including phenoxy) is 1. The Morgan fingerprint density at radius 1 is 0.509 bits per heavy atom. The minimum atomic E-state index is -2.46. The fraction of sp³-hybridized carbons (Fsp3) is 0.167. The fourth-order valence-electron chi connectivity index (χ4n) is 8.53. The molecule has 6 aromatic rings. The molecule has 0 aromatic heterocycles. The number of carbonyl (C=O) groups is 2. The summed E-state index contributed by atoms with van der Waals surface area (Å²) in [4.78, 5) is 28.1. The molecule has 6 aromatic carbocycles. The van der Waals surface area contributed by atoms with Crippen molar-refractivity contribution in [3.05, 3.63) is 208 Å². The number of hydrogen-bond acceptors (Lipinski definition) is 3. The monoisotopic (exact) mass is 732 g/mol. The predicted molar refractivity (Wildman–Crippen MR) is 220 cm³/mol. The van der Waals surface area contributed by atoms with Gasteiger partial charge in [-0.2, -0.15) is 0 Å². The molecule has 3 nitrogen and oxygen atoms in total. The Kier molecular flexibility index (Phi) is 10.2. The Hall–Kier alpha value is -5.08. The van der Waals surface area contributed by atoms with Gasteiger partial charge < -0.3 is 0 Å². The number of hydrogen-bond donors (Lipinski definition) is 0. The van der Waals surface area contributed by atoms with Crippen LogP contribution in [0.4, 0.5) is 0 Å². The number of ketones is 2. The van der Waals surface area contributed by atoms with Crippen LogP contribution < -0.4 is 15.9 Å². The second kappa shape index (κ2) is 15.5. The topological polar surface area (TPSA) is 43.4 Å². The molecule has 0 aliphatic heterocycles. The molecule has 0 atom stereocenters. The van der Waals surface area contributed by atoms with Crippen molar-refractivity contribution >= 4 is 46.3 Å². The number of carbonyl (C=O) groups excluding carboxylic acids is 2. The molecule has 2 aliphatic rings. The van der Waals surface area contributed by atoms with Gasteiger partial charge in [0.05, 0.1) is 0 Å². The van der Waals surface area contributed by atoms with Crippen LogP contribution in [0.15, 0.2) is 175 Å². The van der Waals surface area contributed by atoms with Gasteiger partial charge >= 0.3 is 260 Å². The number of halogens is 1. The molecule has 0 spiro atoms. The van der Waals surface area contributed by atoms with E-state index >= 15 is 0 Å². The molecule has 264 valence electrons. The molecule has 53 heavy (non-hydrogen) atoms. The molecule has 0 bridgehead atoms. The van der Waals surface area contributed by atoms with Crippen LogP contribution in [-0.2, 0) is 17.5 Å². The maximum atomic E-state index is 14.1. The SMILES string of the molecule is O=C1C(OCc2ccc(C[PH](c3ccccc3)(c3ccccc3)c3ccccc3)cc2)=C([C@H]2CC[C@H](c3ccc(Cl)cc3)CC2)C(=O)c2ccccc21. The van der Waals surface area contributed by atoms with Gasteiger partial charge in [-0.1, -0.05) is 29.8 Å². The van der Waals surface area contributed by atoms with E-state index in [9.17, 15) is 9.59 Å². The third-order valence-electron chi connectivity index (χ3n) is 11.3. The molecule has 0 N–H and O–H groups in total. The number of rotatable bonds is 10. The van der Waals surface area contributed by atoms with Crippen LogP contribution in [-0.4, -0.2) is 11.6 Å². The zero-order valence-corrected chi connectivity index (χ0v) is 31.3. The summed E-state index contributed by atoms with van der Waals surface area (Å²) in [6, 6.07) is 56.7. The molecule has 0 saturated heterocycles. The molecular weight excluding hydrogens is 691 g/mol. The first-order valence-electron chi connectivity index (χ1n) is 18.6. The van der Waals surface area contributed by atoms with Gasteiger partial charge in [0, 0.05) is 5.02 Å². The van der Waals surface area contributed by atoms with Gasteiger partial charge in [0.15, 0.2) is 0 Å². The summed E-state index contributed by atoms with van der Waals surface area (Å²) < 4.78 is 6.45. The first-order valence-corrected chi connectivity index (χ1v) is 21.1. The second-order valence-electron chi connectivity index (χ2n) is 14.3. The van der Waals surface area contributed by atoms with E-state index in [1.807, 2.05) is 24.3 Å². The molecule has 0 amide bonds. The number of Topliss-reactive ketones (excluding diaryl/α,β-unsaturated/α-hetero) is 2. The van der Waals surface area contributed by atoms with Gasteiger partial charge in [0.25, 0.3) is 0 Å². The fourth-order valence-corrected chi connectivity index (χ4v) is 13.4. The summed E-state index contributed by atoms with van der Waals surface area (Å²) in [5, 5.41) is 4.84. The predicted octanol–water partition coefficient (Wildman–Crippen LogP) is 10.4. The quantitative estimate of drug-likeness (QED) is 0.132. The molecule has 1 saturated carbocycles. The van der Waals surface area contributed by atoms with E-state index in [2.05, 4.69) is 127 Å². The van der Waals surface area contributed by atoms with E-state index in [0.29, 0.717) is 22.6 Å². The van der Waals surface area contributed by atoms with Crippen LogP contribution in [0, 0.1) is 5.92 Å². The van der Waals surface area contributed by atoms with Crippen LogP contribution in [0.5, 0.6) is 0 Å². The molecule has 5 heteroatoms. The zero-order chi connectivity index (χ0) is 36.2. The van der Waals surface area contributed by atoms with Crippen LogP contribution in [0.1, 0.15) is 69.0 Å².